The van der Waals surface area contributed by atoms with Crippen LogP contribution in [0.2, 0.25) is 0 Å². The Hall–Kier alpha value is -2.37. The molecule has 0 saturated carbocycles. The molecule has 0 spiro atoms. The molecule has 0 unspecified atom stereocenters. The van der Waals surface area contributed by atoms with Gasteiger partial charge in [-0.15, -0.1) is 0 Å². The standard InChI is InChI=1S/C12H14O4.CH2O2/c1-7(2)5-8-3-4-9(11(13)14)10(6-8)12(15)16;2-1-3/h3-4,6-7H,5H2,1-2H3,(H,13,14)(H,15,16);1H,(H,2,3). The van der Waals surface area contributed by atoms with Crippen molar-refractivity contribution in [3.05, 3.63) is 34.9 Å². The van der Waals surface area contributed by atoms with Gasteiger partial charge in [-0.2, -0.15) is 0 Å². The molecule has 6 nitrogen and oxygen atoms in total. The van der Waals surface area contributed by atoms with Crippen molar-refractivity contribution in [2.75, 3.05) is 0 Å². The highest BCUT2D eigenvalue weighted by atomic mass is 16.4. The lowest BCUT2D eigenvalue weighted by Crippen LogP contribution is -2.09. The Morgan fingerprint density at radius 2 is 1.63 bits per heavy atom. The normalized spacial score (nSPS) is 9.42. The molecule has 1 aromatic rings. The first-order chi connectivity index (χ1) is 8.83. The third-order valence-electron chi connectivity index (χ3n) is 2.19. The van der Waals surface area contributed by atoms with E-state index in [1.165, 1.54) is 12.1 Å². The summed E-state index contributed by atoms with van der Waals surface area (Å²) in [6.07, 6.45) is 0.736. The van der Waals surface area contributed by atoms with E-state index < -0.39 is 11.9 Å². The second-order valence-corrected chi connectivity index (χ2v) is 4.19. The van der Waals surface area contributed by atoms with Crippen molar-refractivity contribution in [3.8, 4) is 0 Å². The van der Waals surface area contributed by atoms with Crippen LogP contribution in [-0.4, -0.2) is 33.7 Å². The second-order valence-electron chi connectivity index (χ2n) is 4.19. The van der Waals surface area contributed by atoms with Crippen LogP contribution in [0.5, 0.6) is 0 Å². The topological polar surface area (TPSA) is 112 Å². The fraction of sp³-hybridized carbons (Fsp3) is 0.308. The molecule has 0 bridgehead atoms. The lowest BCUT2D eigenvalue weighted by molar-refractivity contribution is -0.122. The fourth-order valence-electron chi connectivity index (χ4n) is 1.55. The molecular weight excluding hydrogens is 252 g/mol. The number of rotatable bonds is 4. The zero-order chi connectivity index (χ0) is 15.0. The van der Waals surface area contributed by atoms with Crippen LogP contribution in [0.3, 0.4) is 0 Å². The number of hydrogen-bond acceptors (Lipinski definition) is 3. The zero-order valence-corrected chi connectivity index (χ0v) is 10.7. The van der Waals surface area contributed by atoms with E-state index >= 15 is 0 Å². The zero-order valence-electron chi connectivity index (χ0n) is 10.7. The van der Waals surface area contributed by atoms with Crippen molar-refractivity contribution >= 4 is 18.4 Å². The number of carboxylic acids is 2. The minimum Gasteiger partial charge on any atom is -0.483 e. The van der Waals surface area contributed by atoms with Crippen molar-refractivity contribution in [3.63, 3.8) is 0 Å². The molecule has 0 aliphatic carbocycles. The van der Waals surface area contributed by atoms with Gasteiger partial charge in [0, 0.05) is 0 Å². The molecule has 0 atom stereocenters. The monoisotopic (exact) mass is 268 g/mol. The second kappa shape index (κ2) is 7.86. The van der Waals surface area contributed by atoms with Gasteiger partial charge in [0.15, 0.2) is 0 Å². The van der Waals surface area contributed by atoms with Gasteiger partial charge in [0.2, 0.25) is 0 Å². The maximum absolute atomic E-state index is 10.9. The van der Waals surface area contributed by atoms with Gasteiger partial charge in [0.1, 0.15) is 0 Å². The molecule has 19 heavy (non-hydrogen) atoms. The van der Waals surface area contributed by atoms with Crippen LogP contribution in [0.1, 0.15) is 40.1 Å². The molecule has 0 aromatic heterocycles. The fourth-order valence-corrected chi connectivity index (χ4v) is 1.55. The Morgan fingerprint density at radius 3 is 2.00 bits per heavy atom. The van der Waals surface area contributed by atoms with Crippen LogP contribution in [0.4, 0.5) is 0 Å². The average molecular weight is 268 g/mol. The molecule has 0 aliphatic heterocycles. The Kier molecular flexibility index (Phi) is 6.88. The Balaban J connectivity index is 0.000000982. The number of carboxylic acid groups (broad SMARTS) is 3. The summed E-state index contributed by atoms with van der Waals surface area (Å²) in [6, 6.07) is 4.45. The maximum Gasteiger partial charge on any atom is 0.336 e. The highest BCUT2D eigenvalue weighted by Crippen LogP contribution is 2.15. The molecule has 1 aromatic carbocycles. The summed E-state index contributed by atoms with van der Waals surface area (Å²) in [4.78, 5) is 30.1. The molecule has 0 saturated heterocycles. The van der Waals surface area contributed by atoms with E-state index in [9.17, 15) is 9.59 Å². The average Bonchev–Trinajstić information content (AvgIpc) is 2.28. The van der Waals surface area contributed by atoms with Crippen LogP contribution < -0.4 is 0 Å². The molecule has 0 heterocycles. The van der Waals surface area contributed by atoms with Crippen LogP contribution >= 0.6 is 0 Å². The van der Waals surface area contributed by atoms with E-state index in [0.717, 1.165) is 12.0 Å². The van der Waals surface area contributed by atoms with Gasteiger partial charge in [0.05, 0.1) is 11.1 Å². The summed E-state index contributed by atoms with van der Waals surface area (Å²) in [5.41, 5.74) is 0.531. The highest BCUT2D eigenvalue weighted by molar-refractivity contribution is 6.01. The molecule has 3 N–H and O–H groups in total. The summed E-state index contributed by atoms with van der Waals surface area (Å²) < 4.78 is 0. The molecule has 0 amide bonds. The first-order valence-corrected chi connectivity index (χ1v) is 5.50. The first-order valence-electron chi connectivity index (χ1n) is 5.50. The smallest absolute Gasteiger partial charge is 0.336 e. The van der Waals surface area contributed by atoms with Gasteiger partial charge in [-0.25, -0.2) is 9.59 Å². The lowest BCUT2D eigenvalue weighted by Gasteiger charge is -2.07. The largest absolute Gasteiger partial charge is 0.483 e. The Labute approximate surface area is 110 Å². The van der Waals surface area contributed by atoms with E-state index in [1.54, 1.807) is 6.07 Å². The summed E-state index contributed by atoms with van der Waals surface area (Å²) in [5.74, 6) is -2.02. The van der Waals surface area contributed by atoms with Gasteiger partial charge in [-0.3, -0.25) is 4.79 Å². The van der Waals surface area contributed by atoms with Gasteiger partial charge >= 0.3 is 11.9 Å². The molecule has 0 radical (unpaired) electrons. The van der Waals surface area contributed by atoms with Crippen molar-refractivity contribution in [2.24, 2.45) is 5.92 Å². The predicted molar refractivity (Wildman–Crippen MR) is 67.6 cm³/mol. The van der Waals surface area contributed by atoms with Crippen molar-refractivity contribution in [1.29, 1.82) is 0 Å². The Morgan fingerprint density at radius 1 is 1.16 bits per heavy atom. The summed E-state index contributed by atoms with van der Waals surface area (Å²) in [7, 11) is 0. The predicted octanol–water partition coefficient (Wildman–Crippen LogP) is 1.98. The number of carbonyl (C=O) groups is 3. The number of benzene rings is 1. The third kappa shape index (κ3) is 5.67. The lowest BCUT2D eigenvalue weighted by atomic mass is 9.98. The SMILES string of the molecule is CC(C)Cc1ccc(C(=O)O)c(C(=O)O)c1.O=CO. The summed E-state index contributed by atoms with van der Waals surface area (Å²) >= 11 is 0. The van der Waals surface area contributed by atoms with Gasteiger partial charge in [-0.1, -0.05) is 19.9 Å². The van der Waals surface area contributed by atoms with Crippen LogP contribution in [-0.2, 0) is 11.2 Å². The third-order valence-corrected chi connectivity index (χ3v) is 2.19. The van der Waals surface area contributed by atoms with Gasteiger partial charge in [0.25, 0.3) is 6.47 Å². The van der Waals surface area contributed by atoms with Crippen molar-refractivity contribution < 1.29 is 29.7 Å². The van der Waals surface area contributed by atoms with E-state index in [2.05, 4.69) is 0 Å². The number of hydrogen-bond donors (Lipinski definition) is 3. The Bertz CT molecular complexity index is 464. The molecule has 6 heteroatoms. The molecular formula is C13H16O6. The van der Waals surface area contributed by atoms with Crippen molar-refractivity contribution in [1.82, 2.24) is 0 Å². The molecule has 1 rings (SSSR count). The van der Waals surface area contributed by atoms with Crippen LogP contribution in [0.25, 0.3) is 0 Å². The summed E-state index contributed by atoms with van der Waals surface area (Å²) in [6.45, 7) is 3.79. The maximum atomic E-state index is 10.9. The van der Waals surface area contributed by atoms with Crippen LogP contribution in [0.15, 0.2) is 18.2 Å². The quantitative estimate of drug-likeness (QED) is 0.720. The van der Waals surface area contributed by atoms with E-state index in [1.807, 2.05) is 13.8 Å². The minimum absolute atomic E-state index is 0.148. The molecule has 104 valence electrons. The van der Waals surface area contributed by atoms with E-state index in [-0.39, 0.29) is 17.6 Å². The molecule has 0 fully saturated rings. The van der Waals surface area contributed by atoms with Crippen LogP contribution in [0, 0.1) is 5.92 Å². The van der Waals surface area contributed by atoms with Gasteiger partial charge < -0.3 is 15.3 Å². The van der Waals surface area contributed by atoms with Gasteiger partial charge in [-0.05, 0) is 30.0 Å². The number of aromatic carboxylic acids is 2. The highest BCUT2D eigenvalue weighted by Gasteiger charge is 2.16. The first kappa shape index (κ1) is 16.6. The van der Waals surface area contributed by atoms with E-state index in [4.69, 9.17) is 20.1 Å². The molecule has 0 aliphatic rings. The van der Waals surface area contributed by atoms with E-state index in [0.29, 0.717) is 5.92 Å². The van der Waals surface area contributed by atoms with Crippen molar-refractivity contribution in [2.45, 2.75) is 20.3 Å². The minimum atomic E-state index is -1.21. The summed E-state index contributed by atoms with van der Waals surface area (Å²) in [5, 5.41) is 24.6.